The van der Waals surface area contributed by atoms with Crippen molar-refractivity contribution >= 4 is 33.4 Å². The van der Waals surface area contributed by atoms with E-state index >= 15 is 0 Å². The minimum absolute atomic E-state index is 0.0494. The number of rotatable bonds is 7. The zero-order chi connectivity index (χ0) is 20.2. The monoisotopic (exact) mass is 410 g/mol. The van der Waals surface area contributed by atoms with Gasteiger partial charge in [0.2, 0.25) is 15.9 Å². The molecular weight excluding hydrogens is 387 g/mol. The third-order valence-electron chi connectivity index (χ3n) is 3.97. The first-order chi connectivity index (χ1) is 12.6. The van der Waals surface area contributed by atoms with Crippen LogP contribution in [0.25, 0.3) is 0 Å². The van der Waals surface area contributed by atoms with Crippen LogP contribution in [-0.2, 0) is 14.8 Å². The van der Waals surface area contributed by atoms with Crippen molar-refractivity contribution in [2.75, 3.05) is 11.6 Å². The number of hydrogen-bond acceptors (Lipinski definition) is 4. The summed E-state index contributed by atoms with van der Waals surface area (Å²) in [5.41, 5.74) is 1.10. The van der Waals surface area contributed by atoms with E-state index in [1.54, 1.807) is 26.8 Å². The van der Waals surface area contributed by atoms with Gasteiger partial charge in [-0.2, -0.15) is 0 Å². The molecule has 0 unspecified atom stereocenters. The van der Waals surface area contributed by atoms with E-state index in [9.17, 15) is 17.6 Å². The van der Waals surface area contributed by atoms with Crippen LogP contribution in [0.1, 0.15) is 32.4 Å². The van der Waals surface area contributed by atoms with Crippen molar-refractivity contribution in [1.29, 1.82) is 0 Å². The highest BCUT2D eigenvalue weighted by molar-refractivity contribution is 7.98. The molecule has 2 aromatic carbocycles. The van der Waals surface area contributed by atoms with Crippen molar-refractivity contribution in [3.05, 3.63) is 53.8 Å². The summed E-state index contributed by atoms with van der Waals surface area (Å²) in [7, 11) is -3.83. The first-order valence-electron chi connectivity index (χ1n) is 8.40. The van der Waals surface area contributed by atoms with E-state index in [0.717, 1.165) is 4.90 Å². The van der Waals surface area contributed by atoms with Crippen LogP contribution in [0, 0.1) is 11.7 Å². The minimum atomic E-state index is -3.83. The van der Waals surface area contributed by atoms with Crippen molar-refractivity contribution in [3.63, 3.8) is 0 Å². The van der Waals surface area contributed by atoms with Crippen LogP contribution in [0.4, 0.5) is 10.1 Å². The largest absolute Gasteiger partial charge is 0.325 e. The summed E-state index contributed by atoms with van der Waals surface area (Å²) in [6.45, 7) is 5.21. The van der Waals surface area contributed by atoms with Gasteiger partial charge in [-0.15, -0.1) is 11.8 Å². The van der Waals surface area contributed by atoms with Crippen molar-refractivity contribution in [2.45, 2.75) is 36.6 Å². The number of anilines is 1. The maximum absolute atomic E-state index is 13.1. The lowest BCUT2D eigenvalue weighted by atomic mass is 10.1. The second kappa shape index (κ2) is 8.86. The van der Waals surface area contributed by atoms with Gasteiger partial charge in [0.1, 0.15) is 5.82 Å². The first-order valence-corrected chi connectivity index (χ1v) is 11.1. The Kier molecular flexibility index (Phi) is 7.02. The SMILES string of the molecule is CSc1ccc(S(=O)(=O)N[C@H](C)c2ccc(F)cc2)cc1NC(=O)C(C)C. The number of sulfonamides is 1. The summed E-state index contributed by atoms with van der Waals surface area (Å²) in [5, 5.41) is 2.77. The minimum Gasteiger partial charge on any atom is -0.325 e. The molecule has 0 heterocycles. The Bertz CT molecular complexity index is 913. The zero-order valence-corrected chi connectivity index (χ0v) is 17.2. The van der Waals surface area contributed by atoms with Crippen molar-refractivity contribution in [2.24, 2.45) is 5.92 Å². The predicted octanol–water partition coefficient (Wildman–Crippen LogP) is 4.18. The highest BCUT2D eigenvalue weighted by atomic mass is 32.2. The van der Waals surface area contributed by atoms with Crippen LogP contribution >= 0.6 is 11.8 Å². The first kappa shape index (κ1) is 21.4. The molecule has 0 aliphatic carbocycles. The third-order valence-corrected chi connectivity index (χ3v) is 6.30. The molecular formula is C19H23FN2O3S2. The summed E-state index contributed by atoms with van der Waals surface area (Å²) in [4.78, 5) is 12.8. The number of halogens is 1. The Morgan fingerprint density at radius 1 is 1.07 bits per heavy atom. The molecule has 0 aromatic heterocycles. The molecule has 2 aromatic rings. The van der Waals surface area contributed by atoms with Gasteiger partial charge >= 0.3 is 0 Å². The average Bonchev–Trinajstić information content (AvgIpc) is 2.61. The summed E-state index contributed by atoms with van der Waals surface area (Å²) < 4.78 is 41.1. The lowest BCUT2D eigenvalue weighted by Gasteiger charge is -2.17. The number of thioether (sulfide) groups is 1. The predicted molar refractivity (Wildman–Crippen MR) is 107 cm³/mol. The Labute approximate surface area is 163 Å². The Hall–Kier alpha value is -1.90. The van der Waals surface area contributed by atoms with E-state index in [2.05, 4.69) is 10.0 Å². The lowest BCUT2D eigenvalue weighted by molar-refractivity contribution is -0.118. The Morgan fingerprint density at radius 2 is 1.70 bits per heavy atom. The number of amides is 1. The summed E-state index contributed by atoms with van der Waals surface area (Å²) in [6, 6.07) is 9.71. The molecule has 1 amide bonds. The van der Waals surface area contributed by atoms with Crippen LogP contribution in [0.2, 0.25) is 0 Å². The molecule has 2 N–H and O–H groups in total. The normalized spacial score (nSPS) is 12.8. The molecule has 0 fully saturated rings. The van der Waals surface area contributed by atoms with Gasteiger partial charge in [0.05, 0.1) is 10.6 Å². The molecule has 0 saturated carbocycles. The van der Waals surface area contributed by atoms with Gasteiger partial charge < -0.3 is 5.32 Å². The zero-order valence-electron chi connectivity index (χ0n) is 15.6. The number of hydrogen-bond donors (Lipinski definition) is 2. The van der Waals surface area contributed by atoms with E-state index in [1.165, 1.54) is 48.2 Å². The molecule has 0 aliphatic heterocycles. The highest BCUT2D eigenvalue weighted by Crippen LogP contribution is 2.29. The van der Waals surface area contributed by atoms with E-state index in [-0.39, 0.29) is 22.5 Å². The fourth-order valence-corrected chi connectivity index (χ4v) is 4.14. The van der Waals surface area contributed by atoms with Gasteiger partial charge in [-0.25, -0.2) is 17.5 Å². The van der Waals surface area contributed by atoms with Crippen molar-refractivity contribution < 1.29 is 17.6 Å². The summed E-state index contributed by atoms with van der Waals surface area (Å²) in [6.07, 6.45) is 1.85. The Morgan fingerprint density at radius 3 is 2.26 bits per heavy atom. The second-order valence-electron chi connectivity index (χ2n) is 6.40. The van der Waals surface area contributed by atoms with E-state index < -0.39 is 16.1 Å². The maximum atomic E-state index is 13.1. The smallest absolute Gasteiger partial charge is 0.241 e. The number of carbonyl (C=O) groups is 1. The molecule has 1 atom stereocenters. The molecule has 0 aliphatic rings. The molecule has 0 spiro atoms. The van der Waals surface area contributed by atoms with Gasteiger partial charge in [-0.05, 0) is 49.1 Å². The molecule has 0 bridgehead atoms. The van der Waals surface area contributed by atoms with Crippen molar-refractivity contribution in [1.82, 2.24) is 4.72 Å². The summed E-state index contributed by atoms with van der Waals surface area (Å²) in [5.74, 6) is -0.795. The highest BCUT2D eigenvalue weighted by Gasteiger charge is 2.20. The maximum Gasteiger partial charge on any atom is 0.241 e. The molecule has 5 nitrogen and oxygen atoms in total. The van der Waals surface area contributed by atoms with Crippen LogP contribution in [-0.4, -0.2) is 20.6 Å². The average molecular weight is 411 g/mol. The molecule has 27 heavy (non-hydrogen) atoms. The van der Waals surface area contributed by atoms with Gasteiger partial charge in [0.25, 0.3) is 0 Å². The van der Waals surface area contributed by atoms with Gasteiger partial charge in [0, 0.05) is 16.9 Å². The topological polar surface area (TPSA) is 75.3 Å². The molecule has 146 valence electrons. The standard InChI is InChI=1S/C19H23FN2O3S2/c1-12(2)19(23)21-17-11-16(9-10-18(17)26-4)27(24,25)22-13(3)14-5-7-15(20)8-6-14/h5-13,22H,1-4H3,(H,21,23)/t13-/m1/s1. The van der Waals surface area contributed by atoms with E-state index in [1.807, 2.05) is 6.26 Å². The number of nitrogens with one attached hydrogen (secondary N) is 2. The molecule has 8 heteroatoms. The van der Waals surface area contributed by atoms with Crippen LogP contribution in [0.3, 0.4) is 0 Å². The fraction of sp³-hybridized carbons (Fsp3) is 0.316. The van der Waals surface area contributed by atoms with Crippen molar-refractivity contribution in [3.8, 4) is 0 Å². The Balaban J connectivity index is 2.29. The molecule has 0 saturated heterocycles. The van der Waals surface area contributed by atoms with Crippen LogP contribution in [0.5, 0.6) is 0 Å². The van der Waals surface area contributed by atoms with Gasteiger partial charge in [0.15, 0.2) is 0 Å². The fourth-order valence-electron chi connectivity index (χ4n) is 2.35. The van der Waals surface area contributed by atoms with E-state index in [0.29, 0.717) is 11.3 Å². The van der Waals surface area contributed by atoms with E-state index in [4.69, 9.17) is 0 Å². The third kappa shape index (κ3) is 5.54. The lowest BCUT2D eigenvalue weighted by Crippen LogP contribution is -2.27. The number of carbonyl (C=O) groups excluding carboxylic acids is 1. The quantitative estimate of drug-likeness (QED) is 0.672. The second-order valence-corrected chi connectivity index (χ2v) is 8.96. The molecule has 0 radical (unpaired) electrons. The molecule has 2 rings (SSSR count). The van der Waals surface area contributed by atoms with Crippen LogP contribution < -0.4 is 10.0 Å². The number of benzene rings is 2. The summed E-state index contributed by atoms with van der Waals surface area (Å²) >= 11 is 1.42. The van der Waals surface area contributed by atoms with Crippen LogP contribution in [0.15, 0.2) is 52.3 Å². The van der Waals surface area contributed by atoms with Gasteiger partial charge in [-0.1, -0.05) is 26.0 Å². The van der Waals surface area contributed by atoms with Gasteiger partial charge in [-0.3, -0.25) is 4.79 Å².